The number of nitrogens with one attached hydrogen (secondary N) is 2. The lowest BCUT2D eigenvalue weighted by Gasteiger charge is -2.07. The highest BCUT2D eigenvalue weighted by molar-refractivity contribution is 7.80. The molecule has 0 saturated carbocycles. The Balaban J connectivity index is 1.83. The SMILES string of the molecule is C/C(=N\NC(=S)NCc1cccnc1)c1ccccn1. The van der Waals surface area contributed by atoms with Crippen molar-refractivity contribution in [3.8, 4) is 0 Å². The third-order valence-electron chi connectivity index (χ3n) is 2.54. The number of hydrogen-bond acceptors (Lipinski definition) is 4. The van der Waals surface area contributed by atoms with Crippen molar-refractivity contribution in [1.82, 2.24) is 20.7 Å². The first kappa shape index (κ1) is 14.1. The van der Waals surface area contributed by atoms with E-state index in [9.17, 15) is 0 Å². The molecule has 2 aromatic heterocycles. The van der Waals surface area contributed by atoms with E-state index in [1.165, 1.54) is 0 Å². The highest BCUT2D eigenvalue weighted by Crippen LogP contribution is 1.96. The molecule has 5 nitrogen and oxygen atoms in total. The minimum atomic E-state index is 0.462. The molecule has 0 aliphatic rings. The summed E-state index contributed by atoms with van der Waals surface area (Å²) in [5, 5.41) is 7.71. The van der Waals surface area contributed by atoms with Crippen LogP contribution in [0.5, 0.6) is 0 Å². The molecule has 0 saturated heterocycles. The van der Waals surface area contributed by atoms with Crippen LogP contribution in [0.3, 0.4) is 0 Å². The van der Waals surface area contributed by atoms with Crippen LogP contribution in [0.25, 0.3) is 0 Å². The first-order chi connectivity index (χ1) is 9.75. The molecule has 6 heteroatoms. The molecule has 2 rings (SSSR count). The van der Waals surface area contributed by atoms with Gasteiger partial charge in [0.15, 0.2) is 5.11 Å². The van der Waals surface area contributed by atoms with E-state index < -0.39 is 0 Å². The van der Waals surface area contributed by atoms with Crippen molar-refractivity contribution in [3.63, 3.8) is 0 Å². The second-order valence-electron chi connectivity index (χ2n) is 4.07. The molecule has 0 amide bonds. The minimum absolute atomic E-state index is 0.462. The molecule has 0 spiro atoms. The van der Waals surface area contributed by atoms with Crippen molar-refractivity contribution in [2.24, 2.45) is 5.10 Å². The lowest BCUT2D eigenvalue weighted by atomic mass is 10.3. The Bertz CT molecular complexity index is 583. The fraction of sp³-hybridized carbons (Fsp3) is 0.143. The lowest BCUT2D eigenvalue weighted by Crippen LogP contribution is -2.32. The van der Waals surface area contributed by atoms with Crippen LogP contribution in [-0.4, -0.2) is 20.8 Å². The van der Waals surface area contributed by atoms with Crippen molar-refractivity contribution in [1.29, 1.82) is 0 Å². The van der Waals surface area contributed by atoms with Crippen molar-refractivity contribution in [2.75, 3.05) is 0 Å². The van der Waals surface area contributed by atoms with Crippen LogP contribution in [0, 0.1) is 0 Å². The van der Waals surface area contributed by atoms with Gasteiger partial charge in [-0.1, -0.05) is 12.1 Å². The normalized spacial score (nSPS) is 10.9. The summed E-state index contributed by atoms with van der Waals surface area (Å²) in [5.74, 6) is 0. The Hall–Kier alpha value is -2.34. The molecule has 0 atom stereocenters. The van der Waals surface area contributed by atoms with Gasteiger partial charge in [0.2, 0.25) is 0 Å². The zero-order chi connectivity index (χ0) is 14.2. The highest BCUT2D eigenvalue weighted by Gasteiger charge is 1.99. The summed E-state index contributed by atoms with van der Waals surface area (Å²) in [6.07, 6.45) is 5.26. The summed E-state index contributed by atoms with van der Waals surface area (Å²) in [6, 6.07) is 9.54. The monoisotopic (exact) mass is 285 g/mol. The lowest BCUT2D eigenvalue weighted by molar-refractivity contribution is 0.861. The van der Waals surface area contributed by atoms with E-state index in [-0.39, 0.29) is 0 Å². The molecule has 20 heavy (non-hydrogen) atoms. The minimum Gasteiger partial charge on any atom is -0.357 e. The maximum absolute atomic E-state index is 5.15. The van der Waals surface area contributed by atoms with Crippen LogP contribution in [0.15, 0.2) is 54.0 Å². The van der Waals surface area contributed by atoms with Crippen LogP contribution in [0.2, 0.25) is 0 Å². The van der Waals surface area contributed by atoms with Crippen molar-refractivity contribution in [3.05, 3.63) is 60.2 Å². The molecule has 0 aromatic carbocycles. The van der Waals surface area contributed by atoms with Gasteiger partial charge in [0, 0.05) is 25.1 Å². The summed E-state index contributed by atoms with van der Waals surface area (Å²) in [5.41, 5.74) is 5.45. The van der Waals surface area contributed by atoms with Gasteiger partial charge < -0.3 is 5.32 Å². The first-order valence-electron chi connectivity index (χ1n) is 6.14. The van der Waals surface area contributed by atoms with Gasteiger partial charge in [-0.05, 0) is 42.9 Å². The Labute approximate surface area is 123 Å². The number of thiocarbonyl (C=S) groups is 1. The van der Waals surface area contributed by atoms with Crippen LogP contribution < -0.4 is 10.7 Å². The smallest absolute Gasteiger partial charge is 0.187 e. The molecule has 2 N–H and O–H groups in total. The maximum atomic E-state index is 5.15. The molecule has 0 radical (unpaired) electrons. The maximum Gasteiger partial charge on any atom is 0.187 e. The molecule has 102 valence electrons. The molecule has 0 unspecified atom stereocenters. The van der Waals surface area contributed by atoms with E-state index >= 15 is 0 Å². The zero-order valence-electron chi connectivity index (χ0n) is 11.1. The molecule has 0 aliphatic heterocycles. The van der Waals surface area contributed by atoms with Crippen LogP contribution in [0.4, 0.5) is 0 Å². The second-order valence-corrected chi connectivity index (χ2v) is 4.48. The van der Waals surface area contributed by atoms with E-state index in [1.54, 1.807) is 18.6 Å². The van der Waals surface area contributed by atoms with Gasteiger partial charge in [-0.3, -0.25) is 15.4 Å². The van der Waals surface area contributed by atoms with Gasteiger partial charge in [0.1, 0.15) is 0 Å². The van der Waals surface area contributed by atoms with Crippen molar-refractivity contribution >= 4 is 23.0 Å². The van der Waals surface area contributed by atoms with E-state index in [4.69, 9.17) is 12.2 Å². The molecule has 0 aliphatic carbocycles. The van der Waals surface area contributed by atoms with Gasteiger partial charge in [-0.25, -0.2) is 0 Å². The molecular formula is C14H15N5S. The van der Waals surface area contributed by atoms with Crippen molar-refractivity contribution < 1.29 is 0 Å². The number of hydrogen-bond donors (Lipinski definition) is 2. The van der Waals surface area contributed by atoms with Crippen molar-refractivity contribution in [2.45, 2.75) is 13.5 Å². The first-order valence-corrected chi connectivity index (χ1v) is 6.55. The summed E-state index contributed by atoms with van der Waals surface area (Å²) >= 11 is 5.15. The van der Waals surface area contributed by atoms with Crippen LogP contribution in [-0.2, 0) is 6.54 Å². The van der Waals surface area contributed by atoms with E-state index in [0.717, 1.165) is 17.0 Å². The summed E-state index contributed by atoms with van der Waals surface area (Å²) in [7, 11) is 0. The predicted molar refractivity (Wildman–Crippen MR) is 83.3 cm³/mol. The summed E-state index contributed by atoms with van der Waals surface area (Å²) in [6.45, 7) is 2.48. The Morgan fingerprint density at radius 3 is 2.85 bits per heavy atom. The molecular weight excluding hydrogens is 270 g/mol. The average molecular weight is 285 g/mol. The zero-order valence-corrected chi connectivity index (χ0v) is 11.9. The quantitative estimate of drug-likeness (QED) is 0.510. The average Bonchev–Trinajstić information content (AvgIpc) is 2.52. The van der Waals surface area contributed by atoms with E-state index in [1.807, 2.05) is 37.3 Å². The third kappa shape index (κ3) is 4.40. The molecule has 0 bridgehead atoms. The van der Waals surface area contributed by atoms with Crippen LogP contribution in [0.1, 0.15) is 18.2 Å². The molecule has 2 heterocycles. The fourth-order valence-corrected chi connectivity index (χ4v) is 1.61. The summed E-state index contributed by atoms with van der Waals surface area (Å²) in [4.78, 5) is 8.24. The molecule has 2 aromatic rings. The summed E-state index contributed by atoms with van der Waals surface area (Å²) < 4.78 is 0. The standard InChI is InChI=1S/C14H15N5S/c1-11(13-6-2-3-8-16-13)18-19-14(20)17-10-12-5-4-7-15-9-12/h2-9H,10H2,1H3,(H2,17,19,20)/b18-11+. The van der Waals surface area contributed by atoms with E-state index in [0.29, 0.717) is 11.7 Å². The number of hydrazone groups is 1. The van der Waals surface area contributed by atoms with E-state index in [2.05, 4.69) is 25.8 Å². The topological polar surface area (TPSA) is 62.2 Å². The van der Waals surface area contributed by atoms with Gasteiger partial charge in [-0.2, -0.15) is 5.10 Å². The second kappa shape index (κ2) is 7.30. The largest absolute Gasteiger partial charge is 0.357 e. The van der Waals surface area contributed by atoms with Gasteiger partial charge >= 0.3 is 0 Å². The Kier molecular flexibility index (Phi) is 5.14. The number of pyridine rings is 2. The predicted octanol–water partition coefficient (Wildman–Crippen LogP) is 1.86. The molecule has 0 fully saturated rings. The van der Waals surface area contributed by atoms with Gasteiger partial charge in [0.25, 0.3) is 0 Å². The number of nitrogens with zero attached hydrogens (tertiary/aromatic N) is 3. The fourth-order valence-electron chi connectivity index (χ4n) is 1.49. The van der Waals surface area contributed by atoms with Gasteiger partial charge in [-0.15, -0.1) is 0 Å². The number of aromatic nitrogens is 2. The Morgan fingerprint density at radius 1 is 1.25 bits per heavy atom. The van der Waals surface area contributed by atoms with Gasteiger partial charge in [0.05, 0.1) is 11.4 Å². The Morgan fingerprint density at radius 2 is 2.15 bits per heavy atom. The third-order valence-corrected chi connectivity index (χ3v) is 2.77. The highest BCUT2D eigenvalue weighted by atomic mass is 32.1. The van der Waals surface area contributed by atoms with Crippen LogP contribution >= 0.6 is 12.2 Å². The number of rotatable bonds is 4.